The van der Waals surface area contributed by atoms with Crippen LogP contribution in [-0.2, 0) is 19.4 Å². The molecule has 2 amide bonds. The van der Waals surface area contributed by atoms with Crippen LogP contribution in [-0.4, -0.2) is 43.3 Å². The van der Waals surface area contributed by atoms with Gasteiger partial charge in [0.1, 0.15) is 17.5 Å². The molecule has 0 saturated heterocycles. The lowest BCUT2D eigenvalue weighted by atomic mass is 10.0. The normalized spacial score (nSPS) is 13.4. The monoisotopic (exact) mass is 435 g/mol. The quantitative estimate of drug-likeness (QED) is 0.342. The molecule has 0 fully saturated rings. The summed E-state index contributed by atoms with van der Waals surface area (Å²) >= 11 is 0. The van der Waals surface area contributed by atoms with Crippen LogP contribution in [0.5, 0.6) is 11.5 Å². The highest BCUT2D eigenvalue weighted by atomic mass is 32.2. The average Bonchev–Trinajstić information content (AvgIpc) is 2.73. The number of hydrogen-bond donors (Lipinski definition) is 4. The largest absolute Gasteiger partial charge is 0.457 e. The second-order valence-corrected chi connectivity index (χ2v) is 9.01. The van der Waals surface area contributed by atoms with Crippen LogP contribution in [0.15, 0.2) is 59.5 Å². The Labute approximate surface area is 175 Å². The zero-order valence-electron chi connectivity index (χ0n) is 16.6. The third kappa shape index (κ3) is 6.28. The predicted octanol–water partition coefficient (Wildman–Crippen LogP) is 1.23. The Morgan fingerprint density at radius 2 is 1.57 bits per heavy atom. The van der Waals surface area contributed by atoms with Crippen molar-refractivity contribution in [2.45, 2.75) is 30.8 Å². The number of para-hydroxylation sites is 1. The van der Waals surface area contributed by atoms with Crippen molar-refractivity contribution in [3.05, 3.63) is 54.6 Å². The Morgan fingerprint density at radius 1 is 1.00 bits per heavy atom. The molecule has 5 N–H and O–H groups in total. The molecule has 2 atom stereocenters. The van der Waals surface area contributed by atoms with Gasteiger partial charge in [-0.2, -0.15) is 0 Å². The molecule has 0 unspecified atom stereocenters. The van der Waals surface area contributed by atoms with E-state index in [0.717, 1.165) is 0 Å². The van der Waals surface area contributed by atoms with Crippen molar-refractivity contribution in [1.29, 1.82) is 0 Å². The first-order chi connectivity index (χ1) is 14.1. The van der Waals surface area contributed by atoms with Gasteiger partial charge in [0.2, 0.25) is 5.91 Å². The summed E-state index contributed by atoms with van der Waals surface area (Å²) in [6.07, 6.45) is 0. The van der Waals surface area contributed by atoms with Gasteiger partial charge in [-0.05, 0) is 42.3 Å². The highest BCUT2D eigenvalue weighted by Crippen LogP contribution is 2.23. The number of benzene rings is 2. The average molecular weight is 436 g/mol. The van der Waals surface area contributed by atoms with Crippen molar-refractivity contribution in [1.82, 2.24) is 10.8 Å². The van der Waals surface area contributed by atoms with Crippen LogP contribution < -0.4 is 21.3 Å². The van der Waals surface area contributed by atoms with Crippen molar-refractivity contribution in [2.75, 3.05) is 5.75 Å². The highest BCUT2D eigenvalue weighted by molar-refractivity contribution is 7.91. The summed E-state index contributed by atoms with van der Waals surface area (Å²) in [6.45, 7) is 3.42. The Bertz CT molecular complexity index is 962. The number of hydrogen-bond acceptors (Lipinski definition) is 7. The van der Waals surface area contributed by atoms with Crippen LogP contribution in [0.25, 0.3) is 0 Å². The fourth-order valence-electron chi connectivity index (χ4n) is 2.49. The number of amides is 2. The van der Waals surface area contributed by atoms with Gasteiger partial charge >= 0.3 is 0 Å². The number of hydroxylamine groups is 1. The molecule has 0 radical (unpaired) electrons. The standard InChI is InChI=1S/C20H25N3O6S/c1-13(2)18(21)20(25)22-17(19(24)23-26)12-30(27,28)16-10-8-15(9-11-16)29-14-6-4-3-5-7-14/h3-11,13,17-18,26H,12,21H2,1-2H3,(H,22,25)(H,23,24)/t17-,18-/m0/s1. The molecule has 2 aromatic carbocycles. The molecule has 30 heavy (non-hydrogen) atoms. The maximum absolute atomic E-state index is 12.7. The third-order valence-corrected chi connectivity index (χ3v) is 6.07. The van der Waals surface area contributed by atoms with E-state index in [1.54, 1.807) is 38.1 Å². The summed E-state index contributed by atoms with van der Waals surface area (Å²) in [5.74, 6) is -1.71. The maximum atomic E-state index is 12.7. The van der Waals surface area contributed by atoms with Gasteiger partial charge in [0.15, 0.2) is 9.84 Å². The molecular weight excluding hydrogens is 410 g/mol. The predicted molar refractivity (Wildman–Crippen MR) is 110 cm³/mol. The van der Waals surface area contributed by atoms with Crippen LogP contribution in [0.4, 0.5) is 0 Å². The fraction of sp³-hybridized carbons (Fsp3) is 0.300. The van der Waals surface area contributed by atoms with Gasteiger partial charge in [-0.1, -0.05) is 32.0 Å². The van der Waals surface area contributed by atoms with E-state index < -0.39 is 39.5 Å². The topological polar surface area (TPSA) is 148 Å². The van der Waals surface area contributed by atoms with Gasteiger partial charge in [0.05, 0.1) is 16.7 Å². The third-order valence-electron chi connectivity index (χ3n) is 4.31. The Hall–Kier alpha value is -2.95. The van der Waals surface area contributed by atoms with Crippen LogP contribution in [0.1, 0.15) is 13.8 Å². The van der Waals surface area contributed by atoms with E-state index in [1.165, 1.54) is 29.7 Å². The van der Waals surface area contributed by atoms with Crippen molar-refractivity contribution in [3.8, 4) is 11.5 Å². The molecule has 2 rings (SSSR count). The Balaban J connectivity index is 2.15. The molecule has 162 valence electrons. The summed E-state index contributed by atoms with van der Waals surface area (Å²) in [7, 11) is -3.98. The van der Waals surface area contributed by atoms with E-state index in [9.17, 15) is 18.0 Å². The number of sulfone groups is 1. The van der Waals surface area contributed by atoms with E-state index in [-0.39, 0.29) is 10.8 Å². The van der Waals surface area contributed by atoms with E-state index in [1.807, 2.05) is 6.07 Å². The molecule has 2 aromatic rings. The Morgan fingerprint density at radius 3 is 2.10 bits per heavy atom. The van der Waals surface area contributed by atoms with Crippen molar-refractivity contribution >= 4 is 21.7 Å². The number of ether oxygens (including phenoxy) is 1. The molecule has 0 saturated carbocycles. The van der Waals surface area contributed by atoms with Crippen LogP contribution >= 0.6 is 0 Å². The lowest BCUT2D eigenvalue weighted by Crippen LogP contribution is -2.54. The molecule has 0 aliphatic heterocycles. The second kappa shape index (κ2) is 10.2. The van der Waals surface area contributed by atoms with E-state index in [2.05, 4.69) is 5.32 Å². The summed E-state index contributed by atoms with van der Waals surface area (Å²) in [4.78, 5) is 24.0. The molecule has 10 heteroatoms. The van der Waals surface area contributed by atoms with E-state index >= 15 is 0 Å². The highest BCUT2D eigenvalue weighted by Gasteiger charge is 2.30. The van der Waals surface area contributed by atoms with Crippen molar-refractivity contribution in [2.24, 2.45) is 11.7 Å². The summed E-state index contributed by atoms with van der Waals surface area (Å²) < 4.78 is 31.1. The number of nitrogens with two attached hydrogens (primary N) is 1. The lowest BCUT2D eigenvalue weighted by molar-refractivity contribution is -0.134. The minimum absolute atomic E-state index is 0.0685. The van der Waals surface area contributed by atoms with Gasteiger partial charge < -0.3 is 15.8 Å². The second-order valence-electron chi connectivity index (χ2n) is 6.97. The summed E-state index contributed by atoms with van der Waals surface area (Å²) in [6, 6.07) is 12.2. The maximum Gasteiger partial charge on any atom is 0.266 e. The van der Waals surface area contributed by atoms with Crippen LogP contribution in [0.3, 0.4) is 0 Å². The molecule has 0 aromatic heterocycles. The molecule has 0 bridgehead atoms. The lowest BCUT2D eigenvalue weighted by Gasteiger charge is -2.21. The molecule has 0 aliphatic carbocycles. The number of rotatable bonds is 9. The number of carbonyl (C=O) groups excluding carboxylic acids is 2. The summed E-state index contributed by atoms with van der Waals surface area (Å²) in [5, 5.41) is 11.2. The number of carbonyl (C=O) groups is 2. The SMILES string of the molecule is CC(C)[C@H](N)C(=O)N[C@@H](CS(=O)(=O)c1ccc(Oc2ccccc2)cc1)C(=O)NO. The van der Waals surface area contributed by atoms with E-state index in [4.69, 9.17) is 15.7 Å². The molecule has 0 aliphatic rings. The number of nitrogens with one attached hydrogen (secondary N) is 2. The zero-order valence-corrected chi connectivity index (χ0v) is 17.4. The molecular formula is C20H25N3O6S. The van der Waals surface area contributed by atoms with E-state index in [0.29, 0.717) is 11.5 Å². The van der Waals surface area contributed by atoms with Gasteiger partial charge in [0, 0.05) is 0 Å². The van der Waals surface area contributed by atoms with Gasteiger partial charge in [-0.3, -0.25) is 14.8 Å². The first kappa shape index (κ1) is 23.3. The zero-order chi connectivity index (χ0) is 22.3. The molecule has 0 heterocycles. The minimum atomic E-state index is -3.98. The van der Waals surface area contributed by atoms with Crippen molar-refractivity contribution in [3.63, 3.8) is 0 Å². The first-order valence-electron chi connectivity index (χ1n) is 9.19. The van der Waals surface area contributed by atoms with Gasteiger partial charge in [-0.25, -0.2) is 13.9 Å². The van der Waals surface area contributed by atoms with Gasteiger partial charge in [0.25, 0.3) is 5.91 Å². The fourth-order valence-corrected chi connectivity index (χ4v) is 3.90. The van der Waals surface area contributed by atoms with Crippen molar-refractivity contribution < 1.29 is 28.0 Å². The molecule has 9 nitrogen and oxygen atoms in total. The van der Waals surface area contributed by atoms with Crippen LogP contribution in [0.2, 0.25) is 0 Å². The minimum Gasteiger partial charge on any atom is -0.457 e. The summed E-state index contributed by atoms with van der Waals surface area (Å²) in [5.41, 5.74) is 7.11. The smallest absolute Gasteiger partial charge is 0.266 e. The van der Waals surface area contributed by atoms with Crippen LogP contribution in [0, 0.1) is 5.92 Å². The Kier molecular flexibility index (Phi) is 7.93. The first-order valence-corrected chi connectivity index (χ1v) is 10.8. The van der Waals surface area contributed by atoms with Gasteiger partial charge in [-0.15, -0.1) is 0 Å². The molecule has 0 spiro atoms.